The summed E-state index contributed by atoms with van der Waals surface area (Å²) in [5, 5.41) is 4.34. The van der Waals surface area contributed by atoms with Crippen LogP contribution in [0, 0.1) is 0 Å². The maximum Gasteiger partial charge on any atom is 0.175 e. The van der Waals surface area contributed by atoms with Crippen LogP contribution in [0.4, 0.5) is 0 Å². The molecule has 0 aliphatic heterocycles. The van der Waals surface area contributed by atoms with E-state index in [1.807, 2.05) is 81.5 Å². The molecular weight excluding hydrogens is 440 g/mol. The molecule has 0 aliphatic rings. The van der Waals surface area contributed by atoms with Gasteiger partial charge in [0.1, 0.15) is 12.4 Å². The molecule has 186 valence electrons. The van der Waals surface area contributed by atoms with Crippen molar-refractivity contribution >= 4 is 11.9 Å². The lowest BCUT2D eigenvalue weighted by Crippen LogP contribution is -2.35. The lowest BCUT2D eigenvalue weighted by atomic mass is 10.2. The lowest BCUT2D eigenvalue weighted by molar-refractivity contribution is 0.210. The van der Waals surface area contributed by atoms with E-state index >= 15 is 0 Å². The predicted octanol–water partition coefficient (Wildman–Crippen LogP) is 7.57. The molecule has 1 rings (SSSR count). The molecule has 0 heterocycles. The molecule has 34 heavy (non-hydrogen) atoms. The predicted molar refractivity (Wildman–Crippen MR) is 149 cm³/mol. The van der Waals surface area contributed by atoms with Crippen molar-refractivity contribution < 1.29 is 9.47 Å². The summed E-state index contributed by atoms with van der Waals surface area (Å²) in [7, 11) is 0. The highest BCUT2D eigenvalue weighted by Gasteiger charge is 2.09. The minimum absolute atomic E-state index is 0.328. The minimum Gasteiger partial charge on any atom is -0.489 e. The Morgan fingerprint density at radius 3 is 2.68 bits per heavy atom. The van der Waals surface area contributed by atoms with Crippen LogP contribution in [0.25, 0.3) is 0 Å². The number of benzene rings is 1. The number of hydrogen-bond acceptors (Lipinski definition) is 5. The molecule has 0 bridgehead atoms. The molecule has 4 nitrogen and oxygen atoms in total. The lowest BCUT2D eigenvalue weighted by Gasteiger charge is -2.19. The summed E-state index contributed by atoms with van der Waals surface area (Å²) in [4.78, 5) is 0. The molecule has 1 unspecified atom stereocenters. The van der Waals surface area contributed by atoms with Crippen LogP contribution < -0.4 is 10.0 Å². The number of ether oxygens (including phenoxy) is 2. The van der Waals surface area contributed by atoms with Gasteiger partial charge >= 0.3 is 0 Å². The molecule has 1 atom stereocenters. The second-order valence-corrected chi connectivity index (χ2v) is 8.53. The van der Waals surface area contributed by atoms with Gasteiger partial charge in [0.15, 0.2) is 5.09 Å². The number of nitrogens with one attached hydrogen (secondary N) is 2. The topological polar surface area (TPSA) is 42.5 Å². The van der Waals surface area contributed by atoms with Crippen molar-refractivity contribution in [2.45, 2.75) is 59.6 Å². The fraction of sp³-hybridized carbons (Fsp3) is 0.379. The average Bonchev–Trinajstić information content (AvgIpc) is 2.86. The Labute approximate surface area is 211 Å². The Bertz CT molecular complexity index is 826. The van der Waals surface area contributed by atoms with Gasteiger partial charge in [0.25, 0.3) is 0 Å². The SMILES string of the molecule is C=CC/C=C(\C)O/C(=C\C=C\C)SNC(CCC)CNC/C=C/C(=C\C)OCc1ccccc1. The third-order valence-electron chi connectivity index (χ3n) is 4.69. The first-order valence-electron chi connectivity index (χ1n) is 12.0. The first-order chi connectivity index (χ1) is 16.6. The van der Waals surface area contributed by atoms with Crippen LogP contribution in [0.5, 0.6) is 0 Å². The van der Waals surface area contributed by atoms with Crippen LogP contribution >= 0.6 is 11.9 Å². The van der Waals surface area contributed by atoms with Crippen LogP contribution in [0.3, 0.4) is 0 Å². The van der Waals surface area contributed by atoms with Gasteiger partial charge < -0.3 is 14.8 Å². The van der Waals surface area contributed by atoms with E-state index in [4.69, 9.17) is 9.47 Å². The highest BCUT2D eigenvalue weighted by atomic mass is 32.2. The van der Waals surface area contributed by atoms with Gasteiger partial charge in [-0.15, -0.1) is 6.58 Å². The number of rotatable bonds is 18. The number of allylic oxidation sites excluding steroid dienone is 8. The van der Waals surface area contributed by atoms with E-state index in [1.54, 1.807) is 0 Å². The van der Waals surface area contributed by atoms with E-state index in [0.717, 1.165) is 54.5 Å². The average molecular weight is 483 g/mol. The molecule has 0 saturated heterocycles. The van der Waals surface area contributed by atoms with E-state index in [0.29, 0.717) is 12.6 Å². The smallest absolute Gasteiger partial charge is 0.175 e. The summed E-state index contributed by atoms with van der Waals surface area (Å²) in [5.74, 6) is 1.75. The summed E-state index contributed by atoms with van der Waals surface area (Å²) in [6, 6.07) is 10.5. The van der Waals surface area contributed by atoms with Gasteiger partial charge in [0.05, 0.1) is 5.76 Å². The Kier molecular flexibility index (Phi) is 17.3. The Hall–Kier alpha value is -2.47. The van der Waals surface area contributed by atoms with Crippen LogP contribution in [0.15, 0.2) is 102 Å². The molecule has 0 saturated carbocycles. The summed E-state index contributed by atoms with van der Waals surface area (Å²) in [6.45, 7) is 14.1. The molecule has 1 aromatic carbocycles. The monoisotopic (exact) mass is 482 g/mol. The van der Waals surface area contributed by atoms with Crippen molar-refractivity contribution in [3.05, 3.63) is 108 Å². The van der Waals surface area contributed by atoms with Gasteiger partial charge in [-0.3, -0.25) is 4.72 Å². The van der Waals surface area contributed by atoms with E-state index in [9.17, 15) is 0 Å². The second-order valence-electron chi connectivity index (χ2n) is 7.68. The zero-order chi connectivity index (χ0) is 24.9. The van der Waals surface area contributed by atoms with E-state index in [1.165, 1.54) is 11.9 Å². The minimum atomic E-state index is 0.328. The maximum atomic E-state index is 5.99. The van der Waals surface area contributed by atoms with Gasteiger partial charge in [0.2, 0.25) is 0 Å². The highest BCUT2D eigenvalue weighted by molar-refractivity contribution is 8.01. The van der Waals surface area contributed by atoms with Gasteiger partial charge in [-0.25, -0.2) is 0 Å². The quantitative estimate of drug-likeness (QED) is 0.0742. The standard InChI is InChI=1S/C29H42N2O2S/c1-6-10-17-25(5)33-29(21-11-7-2)34-31-27(16-8-3)23-30-22-15-20-28(9-4)32-24-26-18-13-12-14-19-26/h6-7,9,11-15,17-21,27,30-31H,1,8,10,16,22-24H2,2-5H3/b11-7+,20-15+,25-17+,28-9+,29-21+. The third kappa shape index (κ3) is 14.6. The van der Waals surface area contributed by atoms with Crippen molar-refractivity contribution in [1.82, 2.24) is 10.0 Å². The van der Waals surface area contributed by atoms with Gasteiger partial charge in [0, 0.05) is 19.1 Å². The van der Waals surface area contributed by atoms with Crippen molar-refractivity contribution in [2.24, 2.45) is 0 Å². The van der Waals surface area contributed by atoms with Crippen molar-refractivity contribution in [3.8, 4) is 0 Å². The third-order valence-corrected chi connectivity index (χ3v) is 5.56. The summed E-state index contributed by atoms with van der Waals surface area (Å²) in [6.07, 6.45) is 18.9. The number of hydrogen-bond donors (Lipinski definition) is 2. The second kappa shape index (κ2) is 20.0. The van der Waals surface area contributed by atoms with Gasteiger partial charge in [-0.1, -0.05) is 68.0 Å². The van der Waals surface area contributed by atoms with Crippen LogP contribution in [0.2, 0.25) is 0 Å². The Morgan fingerprint density at radius 2 is 2.00 bits per heavy atom. The van der Waals surface area contributed by atoms with Gasteiger partial charge in [-0.2, -0.15) is 0 Å². The Balaban J connectivity index is 2.48. The molecule has 0 radical (unpaired) electrons. The molecule has 5 heteroatoms. The Morgan fingerprint density at radius 1 is 1.21 bits per heavy atom. The molecule has 0 amide bonds. The van der Waals surface area contributed by atoms with E-state index < -0.39 is 0 Å². The molecule has 0 spiro atoms. The first-order valence-corrected chi connectivity index (χ1v) is 12.9. The zero-order valence-corrected chi connectivity index (χ0v) is 22.1. The van der Waals surface area contributed by atoms with Crippen molar-refractivity contribution in [1.29, 1.82) is 0 Å². The zero-order valence-electron chi connectivity index (χ0n) is 21.3. The maximum absolute atomic E-state index is 5.99. The largest absolute Gasteiger partial charge is 0.489 e. The normalized spacial score (nSPS) is 14.1. The molecule has 0 aromatic heterocycles. The molecule has 1 aromatic rings. The van der Waals surface area contributed by atoms with E-state index in [2.05, 4.69) is 41.8 Å². The molecule has 0 fully saturated rings. The van der Waals surface area contributed by atoms with Crippen molar-refractivity contribution in [3.63, 3.8) is 0 Å². The molecule has 2 N–H and O–H groups in total. The molecular formula is C29H42N2O2S. The fourth-order valence-corrected chi connectivity index (χ4v) is 3.69. The summed E-state index contributed by atoms with van der Waals surface area (Å²) in [5.41, 5.74) is 1.16. The highest BCUT2D eigenvalue weighted by Crippen LogP contribution is 2.19. The van der Waals surface area contributed by atoms with Crippen LogP contribution in [-0.2, 0) is 16.1 Å². The van der Waals surface area contributed by atoms with Crippen LogP contribution in [0.1, 0.15) is 52.5 Å². The van der Waals surface area contributed by atoms with Crippen LogP contribution in [-0.4, -0.2) is 19.1 Å². The summed E-state index contributed by atoms with van der Waals surface area (Å²) < 4.78 is 15.4. The molecule has 0 aliphatic carbocycles. The van der Waals surface area contributed by atoms with Crippen molar-refractivity contribution in [2.75, 3.05) is 13.1 Å². The summed E-state index contributed by atoms with van der Waals surface area (Å²) >= 11 is 1.53. The van der Waals surface area contributed by atoms with Gasteiger partial charge in [-0.05, 0) is 75.4 Å². The van der Waals surface area contributed by atoms with E-state index in [-0.39, 0.29) is 0 Å². The fourth-order valence-electron chi connectivity index (χ4n) is 2.89. The first kappa shape index (κ1) is 29.6.